The van der Waals surface area contributed by atoms with Crippen LogP contribution in [0.4, 0.5) is 21.7 Å². The van der Waals surface area contributed by atoms with Crippen LogP contribution >= 0.6 is 11.6 Å². The number of nitrogens with two attached hydrogens (primary N) is 1. The van der Waals surface area contributed by atoms with Crippen molar-refractivity contribution in [2.45, 2.75) is 0 Å². The fraction of sp³-hybridized carbons (Fsp3) is 0.0909. The van der Waals surface area contributed by atoms with Crippen LogP contribution in [0, 0.1) is 5.82 Å². The Balaban J connectivity index is 2.43. The van der Waals surface area contributed by atoms with Crippen molar-refractivity contribution in [1.29, 1.82) is 0 Å². The Morgan fingerprint density at radius 3 is 2.83 bits per heavy atom. The number of aromatic nitrogens is 2. The van der Waals surface area contributed by atoms with Gasteiger partial charge in [0, 0.05) is 0 Å². The molecular weight excluding hydrogens is 259 g/mol. The van der Waals surface area contributed by atoms with Gasteiger partial charge in [0.1, 0.15) is 12.1 Å². The van der Waals surface area contributed by atoms with E-state index in [-0.39, 0.29) is 28.1 Å². The van der Waals surface area contributed by atoms with E-state index in [2.05, 4.69) is 15.3 Å². The molecule has 5 nitrogen and oxygen atoms in total. The number of hydrogen-bond donors (Lipinski definition) is 2. The number of nitrogen functional groups attached to an aromatic ring is 1. The first-order chi connectivity index (χ1) is 8.63. The van der Waals surface area contributed by atoms with Gasteiger partial charge >= 0.3 is 0 Å². The van der Waals surface area contributed by atoms with E-state index in [9.17, 15) is 4.39 Å². The van der Waals surface area contributed by atoms with Crippen LogP contribution in [0.5, 0.6) is 5.75 Å². The highest BCUT2D eigenvalue weighted by molar-refractivity contribution is 6.33. The van der Waals surface area contributed by atoms with E-state index in [1.54, 1.807) is 6.07 Å². The minimum absolute atomic E-state index is 0.107. The highest BCUT2D eigenvalue weighted by Crippen LogP contribution is 2.33. The molecule has 0 amide bonds. The quantitative estimate of drug-likeness (QED) is 0.895. The monoisotopic (exact) mass is 268 g/mol. The number of nitrogens with zero attached hydrogens (tertiary/aromatic N) is 2. The summed E-state index contributed by atoms with van der Waals surface area (Å²) in [5.41, 5.74) is 5.73. The van der Waals surface area contributed by atoms with Gasteiger partial charge in [-0.15, -0.1) is 0 Å². The second kappa shape index (κ2) is 5.05. The van der Waals surface area contributed by atoms with E-state index < -0.39 is 5.82 Å². The maximum Gasteiger partial charge on any atom is 0.204 e. The number of nitrogens with one attached hydrogen (secondary N) is 1. The average molecular weight is 269 g/mol. The molecule has 0 aliphatic carbocycles. The zero-order valence-corrected chi connectivity index (χ0v) is 10.2. The van der Waals surface area contributed by atoms with Gasteiger partial charge < -0.3 is 15.8 Å². The minimum Gasteiger partial charge on any atom is -0.490 e. The van der Waals surface area contributed by atoms with Gasteiger partial charge in [-0.3, -0.25) is 0 Å². The van der Waals surface area contributed by atoms with E-state index in [4.69, 9.17) is 22.1 Å². The van der Waals surface area contributed by atoms with Crippen molar-refractivity contribution in [2.75, 3.05) is 18.2 Å². The Labute approximate surface area is 108 Å². The second-order valence-corrected chi connectivity index (χ2v) is 3.77. The summed E-state index contributed by atoms with van der Waals surface area (Å²) in [6.45, 7) is 0. The van der Waals surface area contributed by atoms with E-state index in [0.717, 1.165) is 0 Å². The zero-order chi connectivity index (χ0) is 13.1. The molecule has 2 rings (SSSR count). The molecule has 0 aliphatic heterocycles. The molecule has 0 unspecified atom stereocenters. The lowest BCUT2D eigenvalue weighted by Gasteiger charge is -2.12. The number of methoxy groups -OCH3 is 1. The van der Waals surface area contributed by atoms with Crippen molar-refractivity contribution in [3.63, 3.8) is 0 Å². The summed E-state index contributed by atoms with van der Waals surface area (Å²) in [4.78, 5) is 7.71. The third kappa shape index (κ3) is 2.28. The van der Waals surface area contributed by atoms with Gasteiger partial charge in [-0.1, -0.05) is 17.7 Å². The third-order valence-corrected chi connectivity index (χ3v) is 2.56. The maximum atomic E-state index is 13.6. The Morgan fingerprint density at radius 2 is 2.17 bits per heavy atom. The molecule has 2 aromatic rings. The van der Waals surface area contributed by atoms with Crippen LogP contribution in [0.2, 0.25) is 5.02 Å². The van der Waals surface area contributed by atoms with E-state index in [0.29, 0.717) is 0 Å². The largest absolute Gasteiger partial charge is 0.490 e. The van der Waals surface area contributed by atoms with Crippen LogP contribution < -0.4 is 15.8 Å². The van der Waals surface area contributed by atoms with Gasteiger partial charge in [0.2, 0.25) is 5.75 Å². The maximum absolute atomic E-state index is 13.6. The Morgan fingerprint density at radius 1 is 1.39 bits per heavy atom. The summed E-state index contributed by atoms with van der Waals surface area (Å²) in [5.74, 6) is 0.137. The molecule has 0 radical (unpaired) electrons. The molecule has 0 saturated carbocycles. The highest BCUT2D eigenvalue weighted by atomic mass is 35.5. The first kappa shape index (κ1) is 12.4. The van der Waals surface area contributed by atoms with E-state index in [1.165, 1.54) is 25.6 Å². The molecule has 0 aliphatic rings. The molecule has 0 bridgehead atoms. The number of halogens is 2. The molecule has 7 heteroatoms. The van der Waals surface area contributed by atoms with Crippen LogP contribution in [0.25, 0.3) is 0 Å². The molecule has 18 heavy (non-hydrogen) atoms. The molecule has 0 fully saturated rings. The van der Waals surface area contributed by atoms with Crippen molar-refractivity contribution >= 4 is 28.9 Å². The van der Waals surface area contributed by atoms with Crippen LogP contribution in [-0.2, 0) is 0 Å². The van der Waals surface area contributed by atoms with Crippen LogP contribution in [0.15, 0.2) is 24.5 Å². The van der Waals surface area contributed by atoms with Gasteiger partial charge in [-0.05, 0) is 12.1 Å². The molecular formula is C11H10ClFN4O. The SMILES string of the molecule is COc1c(N)ncnc1Nc1c(F)cccc1Cl. The predicted octanol–water partition coefficient (Wildman–Crippen LogP) is 2.60. The van der Waals surface area contributed by atoms with Gasteiger partial charge in [-0.2, -0.15) is 0 Å². The molecule has 3 N–H and O–H groups in total. The summed E-state index contributed by atoms with van der Waals surface area (Å²) < 4.78 is 18.7. The fourth-order valence-electron chi connectivity index (χ4n) is 1.41. The first-order valence-corrected chi connectivity index (χ1v) is 5.36. The lowest BCUT2D eigenvalue weighted by atomic mass is 10.3. The average Bonchev–Trinajstić information content (AvgIpc) is 2.34. The summed E-state index contributed by atoms with van der Waals surface area (Å²) in [6, 6.07) is 4.35. The number of benzene rings is 1. The molecule has 94 valence electrons. The highest BCUT2D eigenvalue weighted by Gasteiger charge is 2.13. The van der Waals surface area contributed by atoms with Crippen LogP contribution in [0.3, 0.4) is 0 Å². The molecule has 1 heterocycles. The molecule has 0 spiro atoms. The summed E-state index contributed by atoms with van der Waals surface area (Å²) in [6.07, 6.45) is 1.24. The fourth-order valence-corrected chi connectivity index (χ4v) is 1.62. The van der Waals surface area contributed by atoms with E-state index in [1.807, 2.05) is 0 Å². The standard InChI is InChI=1S/C11H10ClFN4O/c1-18-9-10(14)15-5-16-11(9)17-8-6(12)3-2-4-7(8)13/h2-5H,1H3,(H3,14,15,16,17). The molecule has 1 aromatic carbocycles. The smallest absolute Gasteiger partial charge is 0.204 e. The van der Waals surface area contributed by atoms with Gasteiger partial charge in [0.15, 0.2) is 11.6 Å². The summed E-state index contributed by atoms with van der Waals surface area (Å²) in [5, 5.41) is 2.97. The van der Waals surface area contributed by atoms with Crippen molar-refractivity contribution in [3.8, 4) is 5.75 Å². The van der Waals surface area contributed by atoms with Crippen molar-refractivity contribution in [2.24, 2.45) is 0 Å². The van der Waals surface area contributed by atoms with Crippen molar-refractivity contribution in [3.05, 3.63) is 35.4 Å². The van der Waals surface area contributed by atoms with E-state index >= 15 is 0 Å². The van der Waals surface area contributed by atoms with Crippen LogP contribution in [0.1, 0.15) is 0 Å². The topological polar surface area (TPSA) is 73.1 Å². The Bertz CT molecular complexity index is 559. The van der Waals surface area contributed by atoms with Crippen molar-refractivity contribution in [1.82, 2.24) is 9.97 Å². The Hall–Kier alpha value is -2.08. The third-order valence-electron chi connectivity index (χ3n) is 2.24. The number of hydrogen-bond acceptors (Lipinski definition) is 5. The van der Waals surface area contributed by atoms with Gasteiger partial charge in [0.05, 0.1) is 17.8 Å². The number of rotatable bonds is 3. The lowest BCUT2D eigenvalue weighted by Crippen LogP contribution is -2.04. The summed E-state index contributed by atoms with van der Waals surface area (Å²) >= 11 is 5.90. The second-order valence-electron chi connectivity index (χ2n) is 3.36. The van der Waals surface area contributed by atoms with Gasteiger partial charge in [0.25, 0.3) is 0 Å². The zero-order valence-electron chi connectivity index (χ0n) is 9.45. The van der Waals surface area contributed by atoms with Gasteiger partial charge in [-0.25, -0.2) is 14.4 Å². The lowest BCUT2D eigenvalue weighted by molar-refractivity contribution is 0.415. The number of para-hydroxylation sites is 1. The van der Waals surface area contributed by atoms with Crippen LogP contribution in [-0.4, -0.2) is 17.1 Å². The first-order valence-electron chi connectivity index (χ1n) is 4.99. The Kier molecular flexibility index (Phi) is 3.47. The molecule has 0 saturated heterocycles. The minimum atomic E-state index is -0.498. The summed E-state index contributed by atoms with van der Waals surface area (Å²) in [7, 11) is 1.42. The molecule has 1 aromatic heterocycles. The number of anilines is 3. The normalized spacial score (nSPS) is 10.2. The molecule has 0 atom stereocenters. The predicted molar refractivity (Wildman–Crippen MR) is 67.7 cm³/mol. The number of ether oxygens (including phenoxy) is 1. The van der Waals surface area contributed by atoms with Crippen molar-refractivity contribution < 1.29 is 9.13 Å².